The molecular formula is C24H29N3O7. The van der Waals surface area contributed by atoms with Crippen LogP contribution in [0.2, 0.25) is 0 Å². The molecule has 0 radical (unpaired) electrons. The molecule has 0 aromatic heterocycles. The highest BCUT2D eigenvalue weighted by Gasteiger charge is 2.22. The molecule has 3 N–H and O–H groups in total. The van der Waals surface area contributed by atoms with Crippen LogP contribution in [0.1, 0.15) is 44.1 Å². The summed E-state index contributed by atoms with van der Waals surface area (Å²) < 4.78 is 0. The van der Waals surface area contributed by atoms with Gasteiger partial charge in [0.05, 0.1) is 6.54 Å². The Morgan fingerprint density at radius 2 is 1.53 bits per heavy atom. The summed E-state index contributed by atoms with van der Waals surface area (Å²) in [4.78, 5) is 71.3. The van der Waals surface area contributed by atoms with Crippen LogP contribution in [-0.2, 0) is 35.2 Å². The van der Waals surface area contributed by atoms with Crippen LogP contribution in [-0.4, -0.2) is 64.5 Å². The molecule has 0 bridgehead atoms. The van der Waals surface area contributed by atoms with Crippen LogP contribution in [0.15, 0.2) is 42.5 Å². The summed E-state index contributed by atoms with van der Waals surface area (Å²) in [6.45, 7) is 0.0991. The van der Waals surface area contributed by atoms with Gasteiger partial charge in [0, 0.05) is 44.4 Å². The van der Waals surface area contributed by atoms with E-state index in [1.807, 2.05) is 6.07 Å². The van der Waals surface area contributed by atoms with Gasteiger partial charge >= 0.3 is 5.97 Å². The Labute approximate surface area is 197 Å². The number of ketones is 1. The number of Topliss-reactive ketones (excluding diaryl/α,β-unsaturated/α-hetero) is 1. The van der Waals surface area contributed by atoms with Crippen molar-refractivity contribution in [2.24, 2.45) is 0 Å². The standard InChI is InChI=1S/C24H29N3O7/c28-18(10-11-21(30)26-19(24(33)34)15-17-7-3-1-4-8-17)16-25-20(29)9-5-2-6-14-27-22(31)12-13-23(27)32/h1,3-4,7-8,12-13,19H,2,5-6,9-11,14-16H2,(H,25,29)(H,26,30)(H,33,34)/t19-/m0/s1. The highest BCUT2D eigenvalue weighted by atomic mass is 16.4. The first-order valence-corrected chi connectivity index (χ1v) is 11.1. The van der Waals surface area contributed by atoms with Crippen LogP contribution in [0, 0.1) is 0 Å². The topological polar surface area (TPSA) is 150 Å². The second kappa shape index (κ2) is 13.7. The summed E-state index contributed by atoms with van der Waals surface area (Å²) in [7, 11) is 0. The van der Waals surface area contributed by atoms with Crippen molar-refractivity contribution in [1.82, 2.24) is 15.5 Å². The number of rotatable bonds is 15. The number of carboxylic acids is 1. The third-order valence-corrected chi connectivity index (χ3v) is 5.22. The summed E-state index contributed by atoms with van der Waals surface area (Å²) in [5.41, 5.74) is 0.768. The lowest BCUT2D eigenvalue weighted by atomic mass is 10.1. The molecule has 182 valence electrons. The lowest BCUT2D eigenvalue weighted by molar-refractivity contribution is -0.142. The Bertz CT molecular complexity index is 925. The Kier molecular flexibility index (Phi) is 10.6. The lowest BCUT2D eigenvalue weighted by Gasteiger charge is -2.14. The molecule has 1 aromatic rings. The van der Waals surface area contributed by atoms with Crippen molar-refractivity contribution in [3.8, 4) is 0 Å². The first-order valence-electron chi connectivity index (χ1n) is 11.1. The fourth-order valence-electron chi connectivity index (χ4n) is 3.33. The fourth-order valence-corrected chi connectivity index (χ4v) is 3.33. The summed E-state index contributed by atoms with van der Waals surface area (Å²) >= 11 is 0. The van der Waals surface area contributed by atoms with Gasteiger partial charge in [-0.3, -0.25) is 28.9 Å². The monoisotopic (exact) mass is 471 g/mol. The van der Waals surface area contributed by atoms with Gasteiger partial charge in [0.25, 0.3) is 11.8 Å². The molecule has 4 amide bonds. The van der Waals surface area contributed by atoms with E-state index in [1.165, 1.54) is 12.2 Å². The van der Waals surface area contributed by atoms with E-state index in [-0.39, 0.29) is 55.7 Å². The molecule has 0 saturated carbocycles. The summed E-state index contributed by atoms with van der Waals surface area (Å²) in [5.74, 6) is -3.01. The van der Waals surface area contributed by atoms with E-state index in [0.717, 1.165) is 10.5 Å². The average Bonchev–Trinajstić information content (AvgIpc) is 3.13. The minimum absolute atomic E-state index is 0.115. The SMILES string of the molecule is O=C(CCC(=O)N[C@@H](Cc1ccccc1)C(=O)O)CNC(=O)CCCCCN1C(=O)C=CC1=O. The predicted octanol–water partition coefficient (Wildman–Crippen LogP) is 0.749. The van der Waals surface area contributed by atoms with Crippen molar-refractivity contribution in [2.75, 3.05) is 13.1 Å². The highest BCUT2D eigenvalue weighted by Crippen LogP contribution is 2.08. The zero-order chi connectivity index (χ0) is 24.9. The Balaban J connectivity index is 1.57. The zero-order valence-corrected chi connectivity index (χ0v) is 18.8. The largest absolute Gasteiger partial charge is 0.480 e. The Hall–Kier alpha value is -3.82. The molecule has 1 heterocycles. The number of nitrogens with zero attached hydrogens (tertiary/aromatic N) is 1. The van der Waals surface area contributed by atoms with Crippen molar-refractivity contribution in [1.29, 1.82) is 0 Å². The van der Waals surface area contributed by atoms with Gasteiger partial charge in [-0.05, 0) is 18.4 Å². The number of hydrogen-bond donors (Lipinski definition) is 3. The van der Waals surface area contributed by atoms with Crippen molar-refractivity contribution in [2.45, 2.75) is 51.0 Å². The molecule has 1 atom stereocenters. The first-order chi connectivity index (χ1) is 16.3. The third kappa shape index (κ3) is 9.35. The van der Waals surface area contributed by atoms with Crippen LogP contribution in [0.5, 0.6) is 0 Å². The summed E-state index contributed by atoms with van der Waals surface area (Å²) in [6, 6.07) is 7.80. The zero-order valence-electron chi connectivity index (χ0n) is 18.8. The molecule has 0 unspecified atom stereocenters. The van der Waals surface area contributed by atoms with Crippen molar-refractivity contribution >= 4 is 35.4 Å². The number of hydrogen-bond acceptors (Lipinski definition) is 6. The molecule has 0 saturated heterocycles. The van der Waals surface area contributed by atoms with Crippen LogP contribution in [0.4, 0.5) is 0 Å². The number of nitrogens with one attached hydrogen (secondary N) is 2. The normalized spacial score (nSPS) is 13.6. The number of carbonyl (C=O) groups excluding carboxylic acids is 5. The van der Waals surface area contributed by atoms with Gasteiger partial charge in [0.15, 0.2) is 5.78 Å². The quantitative estimate of drug-likeness (QED) is 0.252. The number of aliphatic carboxylic acids is 1. The predicted molar refractivity (Wildman–Crippen MR) is 121 cm³/mol. The molecule has 10 nitrogen and oxygen atoms in total. The van der Waals surface area contributed by atoms with Gasteiger partial charge < -0.3 is 15.7 Å². The number of carboxylic acid groups (broad SMARTS) is 1. The molecule has 2 rings (SSSR count). The van der Waals surface area contributed by atoms with E-state index in [0.29, 0.717) is 25.8 Å². The average molecular weight is 472 g/mol. The van der Waals surface area contributed by atoms with E-state index in [2.05, 4.69) is 10.6 Å². The van der Waals surface area contributed by atoms with E-state index in [4.69, 9.17) is 0 Å². The van der Waals surface area contributed by atoms with Crippen molar-refractivity contribution in [3.63, 3.8) is 0 Å². The molecular weight excluding hydrogens is 442 g/mol. The lowest BCUT2D eigenvalue weighted by Crippen LogP contribution is -2.42. The van der Waals surface area contributed by atoms with Crippen LogP contribution in [0.25, 0.3) is 0 Å². The molecule has 1 aromatic carbocycles. The summed E-state index contributed by atoms with van der Waals surface area (Å²) in [6.07, 6.45) is 4.28. The fraction of sp³-hybridized carbons (Fsp3) is 0.417. The molecule has 1 aliphatic heterocycles. The van der Waals surface area contributed by atoms with E-state index < -0.39 is 17.9 Å². The minimum atomic E-state index is -1.16. The maximum Gasteiger partial charge on any atom is 0.326 e. The van der Waals surface area contributed by atoms with E-state index in [9.17, 15) is 33.9 Å². The third-order valence-electron chi connectivity index (χ3n) is 5.22. The second-order valence-electron chi connectivity index (χ2n) is 7.94. The van der Waals surface area contributed by atoms with Crippen molar-refractivity contribution < 1.29 is 33.9 Å². The second-order valence-corrected chi connectivity index (χ2v) is 7.94. The number of unbranched alkanes of at least 4 members (excludes halogenated alkanes) is 2. The van der Waals surface area contributed by atoms with Crippen molar-refractivity contribution in [3.05, 3.63) is 48.0 Å². The Morgan fingerprint density at radius 1 is 0.853 bits per heavy atom. The van der Waals surface area contributed by atoms with Gasteiger partial charge in [0.2, 0.25) is 11.8 Å². The van der Waals surface area contributed by atoms with Gasteiger partial charge in [-0.2, -0.15) is 0 Å². The van der Waals surface area contributed by atoms with Gasteiger partial charge in [-0.25, -0.2) is 4.79 Å². The smallest absolute Gasteiger partial charge is 0.326 e. The van der Waals surface area contributed by atoms with E-state index >= 15 is 0 Å². The van der Waals surface area contributed by atoms with Gasteiger partial charge in [-0.1, -0.05) is 36.8 Å². The number of imide groups is 1. The minimum Gasteiger partial charge on any atom is -0.480 e. The maximum atomic E-state index is 12.1. The van der Waals surface area contributed by atoms with Gasteiger partial charge in [-0.15, -0.1) is 0 Å². The highest BCUT2D eigenvalue weighted by molar-refractivity contribution is 6.12. The molecule has 0 aliphatic carbocycles. The molecule has 10 heteroatoms. The van der Waals surface area contributed by atoms with Gasteiger partial charge in [0.1, 0.15) is 6.04 Å². The van der Waals surface area contributed by atoms with Crippen LogP contribution >= 0.6 is 0 Å². The maximum absolute atomic E-state index is 12.1. The molecule has 34 heavy (non-hydrogen) atoms. The number of benzene rings is 1. The number of amides is 4. The van der Waals surface area contributed by atoms with Crippen LogP contribution in [0.3, 0.4) is 0 Å². The summed E-state index contributed by atoms with van der Waals surface area (Å²) in [5, 5.41) is 14.2. The molecule has 0 spiro atoms. The first kappa shape index (κ1) is 26.4. The van der Waals surface area contributed by atoms with Crippen LogP contribution < -0.4 is 10.6 Å². The number of carbonyl (C=O) groups is 6. The van der Waals surface area contributed by atoms with E-state index in [1.54, 1.807) is 24.3 Å². The molecule has 1 aliphatic rings. The Morgan fingerprint density at radius 3 is 2.18 bits per heavy atom. The molecule has 0 fully saturated rings.